The Labute approximate surface area is 112 Å². The van der Waals surface area contributed by atoms with Crippen molar-refractivity contribution in [3.05, 3.63) is 16.3 Å². The van der Waals surface area contributed by atoms with E-state index in [0.717, 1.165) is 30.4 Å². The summed E-state index contributed by atoms with van der Waals surface area (Å²) < 4.78 is 0. The van der Waals surface area contributed by atoms with Crippen molar-refractivity contribution in [1.82, 2.24) is 4.98 Å². The lowest BCUT2D eigenvalue weighted by atomic mass is 10.3. The van der Waals surface area contributed by atoms with Crippen LogP contribution in [0.5, 0.6) is 0 Å². The number of primary amides is 1. The Morgan fingerprint density at radius 2 is 2.26 bits per heavy atom. The summed E-state index contributed by atoms with van der Waals surface area (Å²) in [6.07, 6.45) is 2.72. The third-order valence-electron chi connectivity index (χ3n) is 2.67. The SMILES string of the molecule is NC(=O)CCN(C(=O)C1CC1)c1ncc([N+](=O)[O-])s1. The van der Waals surface area contributed by atoms with E-state index in [2.05, 4.69) is 4.98 Å². The monoisotopic (exact) mass is 284 g/mol. The molecule has 1 fully saturated rings. The lowest BCUT2D eigenvalue weighted by Gasteiger charge is -2.18. The number of anilines is 1. The first-order chi connectivity index (χ1) is 8.99. The summed E-state index contributed by atoms with van der Waals surface area (Å²) in [6.45, 7) is 0.106. The van der Waals surface area contributed by atoms with E-state index in [0.29, 0.717) is 0 Å². The number of nitro groups is 1. The third kappa shape index (κ3) is 3.25. The molecule has 1 aliphatic carbocycles. The van der Waals surface area contributed by atoms with Crippen LogP contribution in [-0.4, -0.2) is 28.3 Å². The molecule has 1 saturated carbocycles. The van der Waals surface area contributed by atoms with Crippen LogP contribution in [0.15, 0.2) is 6.20 Å². The summed E-state index contributed by atoms with van der Waals surface area (Å²) in [7, 11) is 0. The Morgan fingerprint density at radius 3 is 2.74 bits per heavy atom. The van der Waals surface area contributed by atoms with Crippen LogP contribution < -0.4 is 10.6 Å². The first-order valence-electron chi connectivity index (χ1n) is 5.69. The number of thiazole rings is 1. The predicted molar refractivity (Wildman–Crippen MR) is 67.7 cm³/mol. The van der Waals surface area contributed by atoms with Gasteiger partial charge in [-0.15, -0.1) is 0 Å². The largest absolute Gasteiger partial charge is 0.370 e. The van der Waals surface area contributed by atoms with Gasteiger partial charge in [-0.05, 0) is 24.2 Å². The second-order valence-electron chi connectivity index (χ2n) is 4.22. The van der Waals surface area contributed by atoms with E-state index < -0.39 is 10.8 Å². The molecule has 0 aromatic carbocycles. The quantitative estimate of drug-likeness (QED) is 0.608. The average Bonchev–Trinajstić information content (AvgIpc) is 3.07. The topological polar surface area (TPSA) is 119 Å². The maximum Gasteiger partial charge on any atom is 0.345 e. The van der Waals surface area contributed by atoms with Crippen molar-refractivity contribution in [3.63, 3.8) is 0 Å². The smallest absolute Gasteiger partial charge is 0.345 e. The average molecular weight is 284 g/mol. The van der Waals surface area contributed by atoms with E-state index >= 15 is 0 Å². The highest BCUT2D eigenvalue weighted by Crippen LogP contribution is 2.35. The first kappa shape index (κ1) is 13.4. The number of amides is 2. The van der Waals surface area contributed by atoms with Crippen LogP contribution in [0.25, 0.3) is 0 Å². The van der Waals surface area contributed by atoms with Crippen LogP contribution in [0.3, 0.4) is 0 Å². The maximum absolute atomic E-state index is 12.1. The summed E-state index contributed by atoms with van der Waals surface area (Å²) in [4.78, 5) is 38.1. The molecule has 2 amide bonds. The van der Waals surface area contributed by atoms with Crippen molar-refractivity contribution in [2.45, 2.75) is 19.3 Å². The molecule has 2 rings (SSSR count). The zero-order valence-electron chi connectivity index (χ0n) is 9.94. The van der Waals surface area contributed by atoms with Crippen molar-refractivity contribution >= 4 is 33.3 Å². The van der Waals surface area contributed by atoms with Crippen molar-refractivity contribution in [2.24, 2.45) is 11.7 Å². The minimum absolute atomic E-state index is 0.00579. The van der Waals surface area contributed by atoms with Gasteiger partial charge in [-0.1, -0.05) is 0 Å². The Balaban J connectivity index is 2.16. The lowest BCUT2D eigenvalue weighted by Crippen LogP contribution is -2.35. The molecule has 0 unspecified atom stereocenters. The van der Waals surface area contributed by atoms with Gasteiger partial charge in [0.1, 0.15) is 6.20 Å². The fraction of sp³-hybridized carbons (Fsp3) is 0.500. The minimum Gasteiger partial charge on any atom is -0.370 e. The van der Waals surface area contributed by atoms with Crippen LogP contribution in [0, 0.1) is 16.0 Å². The van der Waals surface area contributed by atoms with Gasteiger partial charge in [-0.3, -0.25) is 24.6 Å². The van der Waals surface area contributed by atoms with Crippen LogP contribution in [-0.2, 0) is 9.59 Å². The van der Waals surface area contributed by atoms with Gasteiger partial charge in [-0.2, -0.15) is 0 Å². The standard InChI is InChI=1S/C10H12N4O4S/c11-7(15)3-4-13(9(16)6-1-2-6)10-12-5-8(19-10)14(17)18/h5-6H,1-4H2,(H2,11,15). The fourth-order valence-corrected chi connectivity index (χ4v) is 2.30. The molecule has 0 saturated heterocycles. The van der Waals surface area contributed by atoms with Crippen molar-refractivity contribution in [3.8, 4) is 0 Å². The Morgan fingerprint density at radius 1 is 1.58 bits per heavy atom. The maximum atomic E-state index is 12.1. The highest BCUT2D eigenvalue weighted by molar-refractivity contribution is 7.18. The second kappa shape index (κ2) is 5.31. The second-order valence-corrected chi connectivity index (χ2v) is 5.21. The van der Waals surface area contributed by atoms with Gasteiger partial charge in [0.25, 0.3) is 0 Å². The van der Waals surface area contributed by atoms with Crippen LogP contribution in [0.2, 0.25) is 0 Å². The van der Waals surface area contributed by atoms with Gasteiger partial charge in [0.2, 0.25) is 11.8 Å². The molecule has 1 aromatic rings. The van der Waals surface area contributed by atoms with E-state index in [4.69, 9.17) is 5.73 Å². The molecule has 0 aliphatic heterocycles. The number of aromatic nitrogens is 1. The zero-order valence-corrected chi connectivity index (χ0v) is 10.8. The van der Waals surface area contributed by atoms with E-state index in [1.807, 2.05) is 0 Å². The number of carbonyl (C=O) groups is 2. The number of hydrogen-bond acceptors (Lipinski definition) is 6. The van der Waals surface area contributed by atoms with E-state index in [9.17, 15) is 19.7 Å². The summed E-state index contributed by atoms with van der Waals surface area (Å²) in [5.74, 6) is -0.735. The number of nitrogens with zero attached hydrogens (tertiary/aromatic N) is 3. The van der Waals surface area contributed by atoms with E-state index in [1.54, 1.807) is 0 Å². The summed E-state index contributed by atoms with van der Waals surface area (Å²) in [5, 5.41) is 10.7. The lowest BCUT2D eigenvalue weighted by molar-refractivity contribution is -0.380. The number of nitrogens with two attached hydrogens (primary N) is 1. The molecule has 2 N–H and O–H groups in total. The van der Waals surface area contributed by atoms with Gasteiger partial charge < -0.3 is 5.73 Å². The van der Waals surface area contributed by atoms with Crippen LogP contribution in [0.1, 0.15) is 19.3 Å². The van der Waals surface area contributed by atoms with Gasteiger partial charge in [0.05, 0.1) is 4.92 Å². The molecule has 0 atom stereocenters. The normalized spacial score (nSPS) is 14.1. The minimum atomic E-state index is -0.560. The fourth-order valence-electron chi connectivity index (χ4n) is 1.54. The molecule has 102 valence electrons. The third-order valence-corrected chi connectivity index (χ3v) is 3.64. The molecular weight excluding hydrogens is 272 g/mol. The predicted octanol–water partition coefficient (Wildman–Crippen LogP) is 0.670. The van der Waals surface area contributed by atoms with Crippen LogP contribution in [0.4, 0.5) is 10.1 Å². The summed E-state index contributed by atoms with van der Waals surface area (Å²) in [5.41, 5.74) is 5.06. The molecule has 0 spiro atoms. The van der Waals surface area contributed by atoms with Gasteiger partial charge >= 0.3 is 5.00 Å². The Kier molecular flexibility index (Phi) is 3.74. The highest BCUT2D eigenvalue weighted by Gasteiger charge is 2.35. The molecule has 9 heteroatoms. The molecule has 19 heavy (non-hydrogen) atoms. The molecular formula is C10H12N4O4S. The Hall–Kier alpha value is -2.03. The van der Waals surface area contributed by atoms with Crippen LogP contribution >= 0.6 is 11.3 Å². The number of hydrogen-bond donors (Lipinski definition) is 1. The Bertz CT molecular complexity index is 525. The first-order valence-corrected chi connectivity index (χ1v) is 6.50. The van der Waals surface area contributed by atoms with E-state index in [-0.39, 0.29) is 34.9 Å². The van der Waals surface area contributed by atoms with Gasteiger partial charge in [0.15, 0.2) is 5.13 Å². The molecule has 1 aliphatic rings. The summed E-state index contributed by atoms with van der Waals surface area (Å²) >= 11 is 0.817. The molecule has 0 bridgehead atoms. The summed E-state index contributed by atoms with van der Waals surface area (Å²) in [6, 6.07) is 0. The molecule has 0 radical (unpaired) electrons. The number of rotatable bonds is 6. The molecule has 1 aromatic heterocycles. The van der Waals surface area contributed by atoms with Crippen molar-refractivity contribution in [2.75, 3.05) is 11.4 Å². The van der Waals surface area contributed by atoms with Gasteiger partial charge in [0, 0.05) is 18.9 Å². The van der Waals surface area contributed by atoms with E-state index in [1.165, 1.54) is 4.90 Å². The van der Waals surface area contributed by atoms with Crippen molar-refractivity contribution < 1.29 is 14.5 Å². The van der Waals surface area contributed by atoms with Gasteiger partial charge in [-0.25, -0.2) is 4.98 Å². The number of carbonyl (C=O) groups excluding carboxylic acids is 2. The van der Waals surface area contributed by atoms with Crippen molar-refractivity contribution in [1.29, 1.82) is 0 Å². The zero-order chi connectivity index (χ0) is 14.0. The molecule has 8 nitrogen and oxygen atoms in total. The highest BCUT2D eigenvalue weighted by atomic mass is 32.1. The molecule has 1 heterocycles.